The number of hydrogen-bond acceptors (Lipinski definition) is 7. The van der Waals surface area contributed by atoms with Gasteiger partial charge in [0.2, 0.25) is 5.71 Å². The largest absolute Gasteiger partial charge is 0.402 e. The van der Waals surface area contributed by atoms with Crippen molar-refractivity contribution < 1.29 is 8.94 Å². The van der Waals surface area contributed by atoms with Crippen molar-refractivity contribution in [1.29, 1.82) is 0 Å². The van der Waals surface area contributed by atoms with Crippen LogP contribution in [0.2, 0.25) is 0 Å². The molecule has 0 atom stereocenters. The fourth-order valence-electron chi connectivity index (χ4n) is 0.818. The Morgan fingerprint density at radius 2 is 1.87 bits per heavy atom. The smallest absolute Gasteiger partial charge is 0.402 e. The number of rotatable bonds is 0. The van der Waals surface area contributed by atoms with Crippen LogP contribution in [-0.2, 0) is 0 Å². The molecule has 15 heavy (non-hydrogen) atoms. The van der Waals surface area contributed by atoms with Gasteiger partial charge in [-0.25, -0.2) is 14.4 Å². The van der Waals surface area contributed by atoms with E-state index in [2.05, 4.69) is 19.0 Å². The summed E-state index contributed by atoms with van der Waals surface area (Å²) in [7, 11) is 0. The molecule has 0 aromatic carbocycles. The van der Waals surface area contributed by atoms with Crippen LogP contribution in [-0.4, -0.2) is 14.8 Å². The van der Waals surface area contributed by atoms with Gasteiger partial charge in [-0.1, -0.05) is 0 Å². The minimum absolute atomic E-state index is 0.260. The van der Waals surface area contributed by atoms with Gasteiger partial charge in [0.1, 0.15) is 6.20 Å². The lowest BCUT2D eigenvalue weighted by molar-refractivity contribution is 0.270. The average Bonchev–Trinajstić information content (AvgIpc) is 2.19. The maximum Gasteiger partial charge on any atom is 0.402 e. The second-order valence-corrected chi connectivity index (χ2v) is 2.41. The SMILES string of the molecule is O=c1ccc(=O)on2ncc(nc2=O)o1. The highest BCUT2D eigenvalue weighted by molar-refractivity contribution is 5.21. The van der Waals surface area contributed by atoms with E-state index in [1.807, 2.05) is 0 Å². The van der Waals surface area contributed by atoms with E-state index in [9.17, 15) is 14.4 Å². The molecule has 0 fully saturated rings. The number of nitrogens with zero attached hydrogens (tertiary/aromatic N) is 3. The Balaban J connectivity index is 3.10. The molecule has 3 aromatic heterocycles. The molecule has 2 bridgehead atoms. The zero-order chi connectivity index (χ0) is 10.8. The predicted octanol–water partition coefficient (Wildman–Crippen LogP) is -1.44. The molecule has 0 amide bonds. The Bertz CT molecular complexity index is 690. The summed E-state index contributed by atoms with van der Waals surface area (Å²) in [6.07, 6.45) is 0.978. The van der Waals surface area contributed by atoms with Crippen molar-refractivity contribution in [3.8, 4) is 0 Å². The molecule has 8 heteroatoms. The standard InChI is InChI=1S/C7H3N3O5/c11-5-1-2-6(12)15-10-7(13)9-4(14-5)3-8-10/h1-3H. The maximum atomic E-state index is 11.1. The molecule has 0 aliphatic carbocycles. The normalized spacial score (nSPS) is 10.1. The zero-order valence-electron chi connectivity index (χ0n) is 7.11. The van der Waals surface area contributed by atoms with Crippen LogP contribution in [0.5, 0.6) is 0 Å². The Labute approximate surface area is 80.0 Å². The predicted molar refractivity (Wildman–Crippen MR) is 45.1 cm³/mol. The van der Waals surface area contributed by atoms with Gasteiger partial charge in [-0.05, 0) is 4.69 Å². The van der Waals surface area contributed by atoms with Gasteiger partial charge < -0.3 is 8.94 Å². The highest BCUT2D eigenvalue weighted by Crippen LogP contribution is 1.82. The van der Waals surface area contributed by atoms with E-state index >= 15 is 0 Å². The molecule has 0 unspecified atom stereocenters. The van der Waals surface area contributed by atoms with Gasteiger partial charge in [0.25, 0.3) is 0 Å². The number of aromatic nitrogens is 3. The lowest BCUT2D eigenvalue weighted by Gasteiger charge is -1.87. The first-order chi connectivity index (χ1) is 7.15. The fraction of sp³-hybridized carbons (Fsp3) is 0. The molecule has 3 rings (SSSR count). The molecule has 0 saturated heterocycles. The van der Waals surface area contributed by atoms with Gasteiger partial charge in [-0.15, -0.1) is 5.10 Å². The molecule has 8 nitrogen and oxygen atoms in total. The molecule has 3 heterocycles. The topological polar surface area (TPSA) is 108 Å². The van der Waals surface area contributed by atoms with E-state index in [-0.39, 0.29) is 5.71 Å². The van der Waals surface area contributed by atoms with E-state index in [0.717, 1.165) is 18.3 Å². The third kappa shape index (κ3) is 1.88. The summed E-state index contributed by atoms with van der Waals surface area (Å²) in [6, 6.07) is 1.66. The van der Waals surface area contributed by atoms with Crippen molar-refractivity contribution >= 4 is 5.71 Å². The summed E-state index contributed by atoms with van der Waals surface area (Å²) in [5.74, 6) is 0. The number of fused-ring (bicyclic) bond motifs is 7. The third-order valence-electron chi connectivity index (χ3n) is 1.38. The first-order valence-electron chi connectivity index (χ1n) is 3.74. The van der Waals surface area contributed by atoms with Gasteiger partial charge in [0.05, 0.1) is 0 Å². The monoisotopic (exact) mass is 209 g/mol. The summed E-state index contributed by atoms with van der Waals surface area (Å²) in [6.45, 7) is 0. The molecule has 76 valence electrons. The molecule has 3 aromatic rings. The van der Waals surface area contributed by atoms with Crippen LogP contribution < -0.4 is 16.9 Å². The average molecular weight is 209 g/mol. The van der Waals surface area contributed by atoms with Gasteiger partial charge in [0, 0.05) is 12.1 Å². The molecule has 0 aliphatic rings. The van der Waals surface area contributed by atoms with Crippen molar-refractivity contribution in [2.24, 2.45) is 0 Å². The van der Waals surface area contributed by atoms with E-state index in [0.29, 0.717) is 4.69 Å². The number of hydrogen-bond donors (Lipinski definition) is 0. The van der Waals surface area contributed by atoms with Crippen molar-refractivity contribution in [2.45, 2.75) is 0 Å². The van der Waals surface area contributed by atoms with Crippen LogP contribution in [0.1, 0.15) is 0 Å². The summed E-state index contributed by atoms with van der Waals surface area (Å²) < 4.78 is 9.36. The molecule has 0 spiro atoms. The highest BCUT2D eigenvalue weighted by Gasteiger charge is 1.96. The van der Waals surface area contributed by atoms with Crippen LogP contribution in [0.25, 0.3) is 5.71 Å². The second-order valence-electron chi connectivity index (χ2n) is 2.41. The van der Waals surface area contributed by atoms with Gasteiger partial charge >= 0.3 is 16.9 Å². The lowest BCUT2D eigenvalue weighted by Crippen LogP contribution is -2.20. The van der Waals surface area contributed by atoms with Gasteiger partial charge in [-0.2, -0.15) is 4.98 Å². The quantitative estimate of drug-likeness (QED) is 0.522. The molecule has 0 aliphatic heterocycles. The van der Waals surface area contributed by atoms with Crippen LogP contribution in [0.3, 0.4) is 0 Å². The van der Waals surface area contributed by atoms with Crippen LogP contribution in [0, 0.1) is 0 Å². The maximum absolute atomic E-state index is 11.1. The molecular weight excluding hydrogens is 206 g/mol. The van der Waals surface area contributed by atoms with Crippen molar-refractivity contribution in [2.75, 3.05) is 0 Å². The Morgan fingerprint density at radius 3 is 2.60 bits per heavy atom. The van der Waals surface area contributed by atoms with Crippen LogP contribution in [0.4, 0.5) is 0 Å². The first-order valence-corrected chi connectivity index (χ1v) is 3.74. The molecule has 0 N–H and O–H groups in total. The lowest BCUT2D eigenvalue weighted by atomic mass is 10.6. The zero-order valence-corrected chi connectivity index (χ0v) is 7.11. The summed E-state index contributed by atoms with van der Waals surface area (Å²) in [4.78, 5) is 36.3. The van der Waals surface area contributed by atoms with E-state index in [4.69, 9.17) is 0 Å². The Hall–Kier alpha value is -2.51. The van der Waals surface area contributed by atoms with E-state index in [1.54, 1.807) is 0 Å². The minimum Gasteiger partial charge on any atom is -0.402 e. The Kier molecular flexibility index (Phi) is 2.01. The minimum atomic E-state index is -0.955. The molecule has 0 radical (unpaired) electrons. The van der Waals surface area contributed by atoms with E-state index < -0.39 is 16.9 Å². The van der Waals surface area contributed by atoms with E-state index in [1.165, 1.54) is 0 Å². The Morgan fingerprint density at radius 1 is 1.13 bits per heavy atom. The molecule has 0 saturated carbocycles. The van der Waals surface area contributed by atoms with Gasteiger partial charge in [-0.3, -0.25) is 0 Å². The first kappa shape index (κ1) is 9.06. The summed E-state index contributed by atoms with van der Waals surface area (Å²) in [5.41, 5.74) is -2.99. The summed E-state index contributed by atoms with van der Waals surface area (Å²) >= 11 is 0. The van der Waals surface area contributed by atoms with Crippen molar-refractivity contribution in [3.05, 3.63) is 49.7 Å². The highest BCUT2D eigenvalue weighted by atomic mass is 16.5. The molecular formula is C7H3N3O5. The fourth-order valence-corrected chi connectivity index (χ4v) is 0.818. The van der Waals surface area contributed by atoms with Gasteiger partial charge in [0.15, 0.2) is 0 Å². The second kappa shape index (κ2) is 3.33. The summed E-state index contributed by atoms with van der Waals surface area (Å²) in [5, 5.41) is 3.39. The van der Waals surface area contributed by atoms with Crippen molar-refractivity contribution in [3.63, 3.8) is 0 Å². The van der Waals surface area contributed by atoms with Crippen LogP contribution >= 0.6 is 0 Å². The third-order valence-corrected chi connectivity index (χ3v) is 1.38. The van der Waals surface area contributed by atoms with Crippen molar-refractivity contribution in [1.82, 2.24) is 14.8 Å². The van der Waals surface area contributed by atoms with Crippen LogP contribution in [0.15, 0.2) is 41.7 Å².